The van der Waals surface area contributed by atoms with Gasteiger partial charge in [0, 0.05) is 12.4 Å². The maximum absolute atomic E-state index is 5.52. The number of anilines is 2. The van der Waals surface area contributed by atoms with Crippen molar-refractivity contribution in [3.63, 3.8) is 0 Å². The Morgan fingerprint density at radius 2 is 1.59 bits per heavy atom. The summed E-state index contributed by atoms with van der Waals surface area (Å²) >= 11 is 16.5. The fraction of sp³-hybridized carbons (Fsp3) is 0. The molecule has 0 aromatic carbocycles. The molecule has 2 heterocycles. The Balaban J connectivity index is 0.000000171. The van der Waals surface area contributed by atoms with E-state index < -0.39 is 0 Å². The van der Waals surface area contributed by atoms with Crippen LogP contribution in [0.5, 0.6) is 0 Å². The summed E-state index contributed by atoms with van der Waals surface area (Å²) in [5.74, 6) is 0. The molecule has 0 radical (unpaired) electrons. The Hall–Kier alpha value is -1.23. The Morgan fingerprint density at radius 1 is 0.941 bits per heavy atom. The molecule has 7 heteroatoms. The summed E-state index contributed by atoms with van der Waals surface area (Å²) in [4.78, 5) is 7.41. The molecule has 17 heavy (non-hydrogen) atoms. The van der Waals surface area contributed by atoms with Gasteiger partial charge in [0.1, 0.15) is 0 Å². The van der Waals surface area contributed by atoms with E-state index >= 15 is 0 Å². The Labute approximate surface area is 114 Å². The van der Waals surface area contributed by atoms with Gasteiger partial charge in [0.25, 0.3) is 0 Å². The summed E-state index contributed by atoms with van der Waals surface area (Å²) in [6, 6.07) is 4.99. The maximum Gasteiger partial charge on any atom is 0.151 e. The van der Waals surface area contributed by atoms with Gasteiger partial charge in [0.2, 0.25) is 0 Å². The molecule has 0 fully saturated rings. The number of nitrogens with two attached hydrogens (primary N) is 2. The molecule has 0 spiro atoms. The zero-order chi connectivity index (χ0) is 12.8. The lowest BCUT2D eigenvalue weighted by atomic mass is 10.4. The minimum Gasteiger partial charge on any atom is -0.396 e. The van der Waals surface area contributed by atoms with Gasteiger partial charge in [-0.25, -0.2) is 9.97 Å². The van der Waals surface area contributed by atoms with E-state index in [1.807, 2.05) is 0 Å². The van der Waals surface area contributed by atoms with E-state index in [9.17, 15) is 0 Å². The Kier molecular flexibility index (Phi) is 5.28. The molecule has 2 aromatic rings. The van der Waals surface area contributed by atoms with Gasteiger partial charge < -0.3 is 11.5 Å². The first-order valence-corrected chi connectivity index (χ1v) is 5.56. The first-order chi connectivity index (χ1) is 8.00. The minimum absolute atomic E-state index is 0.291. The molecule has 4 nitrogen and oxygen atoms in total. The van der Waals surface area contributed by atoms with E-state index in [0.717, 1.165) is 0 Å². The van der Waals surface area contributed by atoms with Gasteiger partial charge >= 0.3 is 0 Å². The second-order valence-corrected chi connectivity index (χ2v) is 4.07. The van der Waals surface area contributed by atoms with E-state index in [1.165, 1.54) is 6.20 Å². The highest BCUT2D eigenvalue weighted by Crippen LogP contribution is 2.18. The first kappa shape index (κ1) is 13.8. The molecule has 0 saturated heterocycles. The quantitative estimate of drug-likeness (QED) is 0.730. The molecular weight excluding hydrogens is 282 g/mol. The number of halogens is 3. The first-order valence-electron chi connectivity index (χ1n) is 4.43. The van der Waals surface area contributed by atoms with Crippen molar-refractivity contribution in [2.24, 2.45) is 0 Å². The van der Waals surface area contributed by atoms with E-state index in [0.29, 0.717) is 26.7 Å². The van der Waals surface area contributed by atoms with Gasteiger partial charge in [0.15, 0.2) is 10.3 Å². The summed E-state index contributed by atoms with van der Waals surface area (Å²) in [5.41, 5.74) is 11.6. The third kappa shape index (κ3) is 4.65. The van der Waals surface area contributed by atoms with Crippen LogP contribution in [0.15, 0.2) is 30.6 Å². The highest BCUT2D eigenvalue weighted by Gasteiger charge is 1.95. The Bertz CT molecular complexity index is 484. The number of pyridine rings is 2. The summed E-state index contributed by atoms with van der Waals surface area (Å²) < 4.78 is 0. The lowest BCUT2D eigenvalue weighted by Crippen LogP contribution is -1.87. The number of hydrogen-bond acceptors (Lipinski definition) is 4. The van der Waals surface area contributed by atoms with Gasteiger partial charge in [0.05, 0.1) is 16.4 Å². The molecule has 0 aliphatic carbocycles. The molecule has 0 aliphatic rings. The lowest BCUT2D eigenvalue weighted by Gasteiger charge is -1.94. The smallest absolute Gasteiger partial charge is 0.151 e. The van der Waals surface area contributed by atoms with Crippen molar-refractivity contribution in [1.82, 2.24) is 9.97 Å². The van der Waals surface area contributed by atoms with Gasteiger partial charge in [-0.2, -0.15) is 0 Å². The van der Waals surface area contributed by atoms with E-state index in [-0.39, 0.29) is 0 Å². The van der Waals surface area contributed by atoms with Crippen molar-refractivity contribution in [2.45, 2.75) is 0 Å². The van der Waals surface area contributed by atoms with Gasteiger partial charge in [-0.3, -0.25) is 0 Å². The van der Waals surface area contributed by atoms with Crippen molar-refractivity contribution in [3.05, 3.63) is 45.9 Å². The molecule has 4 N–H and O–H groups in total. The van der Waals surface area contributed by atoms with Crippen molar-refractivity contribution < 1.29 is 0 Å². The average Bonchev–Trinajstić information content (AvgIpc) is 2.29. The van der Waals surface area contributed by atoms with Crippen LogP contribution in [0.1, 0.15) is 0 Å². The monoisotopic (exact) mass is 290 g/mol. The van der Waals surface area contributed by atoms with Gasteiger partial charge in [-0.1, -0.05) is 34.8 Å². The maximum atomic E-state index is 5.52. The third-order valence-electron chi connectivity index (χ3n) is 1.62. The topological polar surface area (TPSA) is 77.8 Å². The standard InChI is InChI=1S/C5H4Cl2N2.C5H5ClN2/c6-3-1-4(8)5(7)9-2-3;6-5-4(7)2-1-3-8-5/h1-2H,8H2;1-3H,7H2. The number of nitrogens with zero attached hydrogens (tertiary/aromatic N) is 2. The van der Waals surface area contributed by atoms with Crippen LogP contribution in [0, 0.1) is 0 Å². The fourth-order valence-electron chi connectivity index (χ4n) is 0.837. The van der Waals surface area contributed by atoms with Crippen LogP contribution < -0.4 is 11.5 Å². The molecule has 0 aliphatic heterocycles. The molecule has 0 saturated carbocycles. The highest BCUT2D eigenvalue weighted by atomic mass is 35.5. The molecule has 0 unspecified atom stereocenters. The normalized spacial score (nSPS) is 9.35. The molecule has 0 atom stereocenters. The van der Waals surface area contributed by atoms with Crippen LogP contribution >= 0.6 is 34.8 Å². The summed E-state index contributed by atoms with van der Waals surface area (Å²) in [6.45, 7) is 0. The minimum atomic E-state index is 0.291. The fourth-order valence-corrected chi connectivity index (χ4v) is 1.23. The second-order valence-electron chi connectivity index (χ2n) is 2.92. The number of nitrogen functional groups attached to an aromatic ring is 2. The number of rotatable bonds is 0. The van der Waals surface area contributed by atoms with Crippen molar-refractivity contribution in [3.8, 4) is 0 Å². The number of hydrogen-bond donors (Lipinski definition) is 2. The van der Waals surface area contributed by atoms with Crippen molar-refractivity contribution >= 4 is 46.2 Å². The molecule has 0 bridgehead atoms. The lowest BCUT2D eigenvalue weighted by molar-refractivity contribution is 1.33. The van der Waals surface area contributed by atoms with E-state index in [2.05, 4.69) is 9.97 Å². The van der Waals surface area contributed by atoms with Crippen LogP contribution in [0.25, 0.3) is 0 Å². The molecular formula is C10H9Cl3N4. The van der Waals surface area contributed by atoms with E-state index in [1.54, 1.807) is 24.4 Å². The van der Waals surface area contributed by atoms with Gasteiger partial charge in [-0.05, 0) is 18.2 Å². The zero-order valence-electron chi connectivity index (χ0n) is 8.57. The van der Waals surface area contributed by atoms with Crippen molar-refractivity contribution in [2.75, 3.05) is 11.5 Å². The summed E-state index contributed by atoms with van der Waals surface area (Å²) in [5, 5.41) is 1.16. The molecule has 90 valence electrons. The largest absolute Gasteiger partial charge is 0.396 e. The highest BCUT2D eigenvalue weighted by molar-refractivity contribution is 6.33. The van der Waals surface area contributed by atoms with Crippen LogP contribution in [-0.4, -0.2) is 9.97 Å². The Morgan fingerprint density at radius 3 is 2.00 bits per heavy atom. The molecule has 2 aromatic heterocycles. The zero-order valence-corrected chi connectivity index (χ0v) is 10.8. The molecule has 0 amide bonds. The SMILES string of the molecule is Nc1cc(Cl)cnc1Cl.Nc1cccnc1Cl. The van der Waals surface area contributed by atoms with E-state index in [4.69, 9.17) is 46.3 Å². The predicted molar refractivity (Wildman–Crippen MR) is 72.3 cm³/mol. The second kappa shape index (κ2) is 6.49. The third-order valence-corrected chi connectivity index (χ3v) is 2.46. The van der Waals surface area contributed by atoms with Crippen LogP contribution in [0.3, 0.4) is 0 Å². The number of aromatic nitrogens is 2. The van der Waals surface area contributed by atoms with Crippen LogP contribution in [-0.2, 0) is 0 Å². The average molecular weight is 292 g/mol. The van der Waals surface area contributed by atoms with Crippen LogP contribution in [0.2, 0.25) is 15.3 Å². The summed E-state index contributed by atoms with van der Waals surface area (Å²) in [6.07, 6.45) is 3.04. The van der Waals surface area contributed by atoms with Crippen LogP contribution in [0.4, 0.5) is 11.4 Å². The van der Waals surface area contributed by atoms with Gasteiger partial charge in [-0.15, -0.1) is 0 Å². The molecule has 2 rings (SSSR count). The summed E-state index contributed by atoms with van der Waals surface area (Å²) in [7, 11) is 0. The van der Waals surface area contributed by atoms with Crippen molar-refractivity contribution in [1.29, 1.82) is 0 Å². The predicted octanol–water partition coefficient (Wildman–Crippen LogP) is 3.29.